The third kappa shape index (κ3) is 5.13. The fourth-order valence-electron chi connectivity index (χ4n) is 2.19. The molecule has 0 aromatic heterocycles. The Labute approximate surface area is 169 Å². The van der Waals surface area contributed by atoms with E-state index in [9.17, 15) is 74.3 Å². The maximum atomic E-state index is 13.4. The first-order chi connectivity index (χ1) is 13.2. The number of hydrogen-bond acceptors (Lipinski definition) is 1. The summed E-state index contributed by atoms with van der Waals surface area (Å²) in [5, 5.41) is 0. The molecular weight excluding hydrogens is 526 g/mol. The molecule has 0 fully saturated rings. The minimum absolute atomic E-state index is 1.01. The second-order valence-electron chi connectivity index (χ2n) is 7.74. The standard InChI is InChI=1S/C6HF17P.C6H17N2/c7-1(8,9)4(16,17)24(22,23,5(18,19)2(10,11)12)6(20,21)3(13,14)15;1-7(2)6-8(3,4)5/h24H;6H2,1-5H3/q-1;+1. The van der Waals surface area contributed by atoms with Crippen molar-refractivity contribution in [3.05, 3.63) is 0 Å². The molecule has 0 aliphatic heterocycles. The Kier molecular flexibility index (Phi) is 8.78. The predicted molar refractivity (Wildman–Crippen MR) is 80.1 cm³/mol. The van der Waals surface area contributed by atoms with Crippen molar-refractivity contribution in [2.24, 2.45) is 0 Å². The Morgan fingerprint density at radius 3 is 0.781 bits per heavy atom. The molecule has 0 unspecified atom stereocenters. The van der Waals surface area contributed by atoms with Crippen molar-refractivity contribution in [1.29, 1.82) is 0 Å². The molecule has 0 rings (SSSR count). The van der Waals surface area contributed by atoms with E-state index in [1.165, 1.54) is 0 Å². The molecule has 0 heterocycles. The normalized spacial score (nSPS) is 16.9. The summed E-state index contributed by atoms with van der Waals surface area (Å²) in [6.07, 6.45) is -24.9. The Bertz CT molecular complexity index is 567. The Balaban J connectivity index is 0. The number of nitrogens with zero attached hydrogens (tertiary/aromatic N) is 2. The molecule has 0 aromatic rings. The van der Waals surface area contributed by atoms with Crippen molar-refractivity contribution < 1.29 is 78.7 Å². The van der Waals surface area contributed by atoms with Gasteiger partial charge in [-0.3, -0.25) is 4.90 Å². The summed E-state index contributed by atoms with van der Waals surface area (Å²) in [5.74, 6) is 0. The minimum atomic E-state index is -13.1. The zero-order chi connectivity index (χ0) is 27.2. The van der Waals surface area contributed by atoms with E-state index >= 15 is 0 Å². The third-order valence-corrected chi connectivity index (χ3v) is 7.59. The molecule has 0 N–H and O–H groups in total. The maximum absolute atomic E-state index is 13.4. The van der Waals surface area contributed by atoms with Gasteiger partial charge in [-0.25, -0.2) is 0 Å². The molecule has 0 spiro atoms. The van der Waals surface area contributed by atoms with Crippen LogP contribution < -0.4 is 0 Å². The van der Waals surface area contributed by atoms with Crippen molar-refractivity contribution in [3.8, 4) is 0 Å². The van der Waals surface area contributed by atoms with Gasteiger partial charge in [-0.1, -0.05) is 0 Å². The second-order valence-corrected chi connectivity index (χ2v) is 11.7. The molecule has 20 heteroatoms. The van der Waals surface area contributed by atoms with Gasteiger partial charge in [-0.15, -0.1) is 0 Å². The van der Waals surface area contributed by atoms with E-state index in [2.05, 4.69) is 40.1 Å². The quantitative estimate of drug-likeness (QED) is 0.161. The van der Waals surface area contributed by atoms with Crippen molar-refractivity contribution in [2.45, 2.75) is 35.5 Å². The molecule has 0 aliphatic rings. The average Bonchev–Trinajstić information content (AvgIpc) is 2.40. The zero-order valence-corrected chi connectivity index (χ0v) is 17.5. The summed E-state index contributed by atoms with van der Waals surface area (Å²) in [6.45, 7) is 1.10. The molecule has 0 amide bonds. The summed E-state index contributed by atoms with van der Waals surface area (Å²) in [7, 11) is -2.35. The van der Waals surface area contributed by atoms with Crippen LogP contribution in [0.15, 0.2) is 0 Å². The van der Waals surface area contributed by atoms with E-state index in [0.29, 0.717) is 0 Å². The predicted octanol–water partition coefficient (Wildman–Crippen LogP) is 6.72. The van der Waals surface area contributed by atoms with Gasteiger partial charge in [-0.2, -0.15) is 0 Å². The monoisotopic (exact) mass is 544 g/mol. The fraction of sp³-hybridized carbons (Fsp3) is 1.00. The molecule has 32 heavy (non-hydrogen) atoms. The molecule has 2 nitrogen and oxygen atoms in total. The summed E-state index contributed by atoms with van der Waals surface area (Å²) < 4.78 is 210. The van der Waals surface area contributed by atoms with E-state index in [-0.39, 0.29) is 0 Å². The number of quaternary nitrogens is 1. The summed E-state index contributed by atoms with van der Waals surface area (Å²) in [6, 6.07) is 0. The fourth-order valence-corrected chi connectivity index (χ4v) is 4.86. The van der Waals surface area contributed by atoms with Crippen molar-refractivity contribution in [1.82, 2.24) is 4.90 Å². The first-order valence-electron chi connectivity index (χ1n) is 7.58. The van der Waals surface area contributed by atoms with Crippen molar-refractivity contribution in [3.63, 3.8) is 0 Å². The molecule has 0 saturated heterocycles. The summed E-state index contributed by atoms with van der Waals surface area (Å²) in [5.41, 5.74) is -27.0. The van der Waals surface area contributed by atoms with Crippen LogP contribution in [0.5, 0.6) is 0 Å². The SMILES string of the molecule is CN(C)C[N+](C)(C)C.FC(F)(F)C(F)(F)[PH-](F)(F)(C(F)(F)C(F)(F)F)C(F)(F)C(F)(F)F. The van der Waals surface area contributed by atoms with Gasteiger partial charge in [0, 0.05) is 0 Å². The van der Waals surface area contributed by atoms with Gasteiger partial charge < -0.3 is 4.48 Å². The van der Waals surface area contributed by atoms with Gasteiger partial charge >= 0.3 is 117 Å². The first kappa shape index (κ1) is 33.3. The van der Waals surface area contributed by atoms with Gasteiger partial charge in [0.05, 0.1) is 21.1 Å². The Morgan fingerprint density at radius 2 is 0.719 bits per heavy atom. The first-order valence-corrected chi connectivity index (χ1v) is 9.84. The van der Waals surface area contributed by atoms with Crippen LogP contribution in [0.25, 0.3) is 0 Å². The molecule has 0 radical (unpaired) electrons. The van der Waals surface area contributed by atoms with Crippen LogP contribution >= 0.6 is 7.22 Å². The van der Waals surface area contributed by atoms with E-state index in [0.717, 1.165) is 11.2 Å². The zero-order valence-electron chi connectivity index (χ0n) is 16.5. The molecule has 0 aromatic carbocycles. The van der Waals surface area contributed by atoms with Crippen LogP contribution in [-0.2, 0) is 0 Å². The molecular formula is C12H18F17N2P. The molecule has 0 saturated carbocycles. The van der Waals surface area contributed by atoms with Gasteiger partial charge in [0.2, 0.25) is 0 Å². The molecule has 0 atom stereocenters. The average molecular weight is 544 g/mol. The molecule has 200 valence electrons. The molecule has 0 aliphatic carbocycles. The van der Waals surface area contributed by atoms with Crippen LogP contribution in [0.3, 0.4) is 0 Å². The topological polar surface area (TPSA) is 3.24 Å². The number of rotatable bonds is 5. The van der Waals surface area contributed by atoms with Crippen LogP contribution in [-0.4, -0.2) is 86.8 Å². The van der Waals surface area contributed by atoms with Gasteiger partial charge in [0.1, 0.15) is 6.67 Å². The van der Waals surface area contributed by atoms with Gasteiger partial charge in [0.25, 0.3) is 0 Å². The van der Waals surface area contributed by atoms with Crippen molar-refractivity contribution >= 4 is 7.22 Å². The third-order valence-electron chi connectivity index (χ3n) is 3.43. The van der Waals surface area contributed by atoms with Gasteiger partial charge in [0.15, 0.2) is 0 Å². The van der Waals surface area contributed by atoms with Crippen LogP contribution in [0, 0.1) is 0 Å². The Morgan fingerprint density at radius 1 is 0.531 bits per heavy atom. The Hall–Kier alpha value is -0.840. The summed E-state index contributed by atoms with van der Waals surface area (Å²) in [4.78, 5) is 2.18. The van der Waals surface area contributed by atoms with E-state index < -0.39 is 42.7 Å². The van der Waals surface area contributed by atoms with Crippen molar-refractivity contribution in [2.75, 3.05) is 41.9 Å². The summed E-state index contributed by atoms with van der Waals surface area (Å²) >= 11 is 0. The van der Waals surface area contributed by atoms with E-state index in [1.54, 1.807) is 0 Å². The van der Waals surface area contributed by atoms with E-state index in [1.807, 2.05) is 0 Å². The van der Waals surface area contributed by atoms with Crippen LogP contribution in [0.1, 0.15) is 0 Å². The second kappa shape index (κ2) is 8.43. The number of halogens is 17. The molecule has 0 bridgehead atoms. The van der Waals surface area contributed by atoms with Crippen LogP contribution in [0.4, 0.5) is 74.3 Å². The number of hydrogen-bond donors (Lipinski definition) is 0. The number of alkyl halides is 15. The van der Waals surface area contributed by atoms with Crippen LogP contribution in [0.2, 0.25) is 0 Å². The van der Waals surface area contributed by atoms with Gasteiger partial charge in [-0.05, 0) is 14.1 Å². The van der Waals surface area contributed by atoms with E-state index in [4.69, 9.17) is 0 Å².